The number of aromatic amines is 1. The first-order chi connectivity index (χ1) is 12.0. The summed E-state index contributed by atoms with van der Waals surface area (Å²) in [6.45, 7) is 5.26. The van der Waals surface area contributed by atoms with E-state index in [9.17, 15) is 9.59 Å². The van der Waals surface area contributed by atoms with Gasteiger partial charge in [-0.2, -0.15) is 5.10 Å². The van der Waals surface area contributed by atoms with Crippen molar-refractivity contribution in [1.82, 2.24) is 15.1 Å². The first-order valence-corrected chi connectivity index (χ1v) is 8.75. The maximum Gasteiger partial charge on any atom is 0.253 e. The monoisotopic (exact) mass is 340 g/mol. The second-order valence-corrected chi connectivity index (χ2v) is 6.81. The highest BCUT2D eigenvalue weighted by Gasteiger charge is 2.29. The van der Waals surface area contributed by atoms with Crippen LogP contribution in [0.2, 0.25) is 0 Å². The number of hydrogen-bond acceptors (Lipinski definition) is 3. The van der Waals surface area contributed by atoms with Gasteiger partial charge in [-0.25, -0.2) is 0 Å². The third kappa shape index (κ3) is 4.07. The molecule has 2 amide bonds. The standard InChI is InChI=1S/C19H24N4O2/c1-13(2)16-11-17(22-21-16)20-18(24)15-9-6-10-23(12-15)19(25)14-7-4-3-5-8-14/h3-5,7-8,11,13,15H,6,9-10,12H2,1-2H3,(H2,20,21,22,24). The van der Waals surface area contributed by atoms with Crippen LogP contribution in [-0.2, 0) is 4.79 Å². The summed E-state index contributed by atoms with van der Waals surface area (Å²) in [4.78, 5) is 26.9. The number of nitrogens with zero attached hydrogens (tertiary/aromatic N) is 2. The highest BCUT2D eigenvalue weighted by atomic mass is 16.2. The van der Waals surface area contributed by atoms with Gasteiger partial charge in [0.2, 0.25) is 5.91 Å². The van der Waals surface area contributed by atoms with Crippen LogP contribution in [0.5, 0.6) is 0 Å². The van der Waals surface area contributed by atoms with Crippen LogP contribution in [0.25, 0.3) is 0 Å². The van der Waals surface area contributed by atoms with Gasteiger partial charge < -0.3 is 10.2 Å². The number of hydrogen-bond donors (Lipinski definition) is 2. The van der Waals surface area contributed by atoms with Crippen LogP contribution < -0.4 is 5.32 Å². The zero-order valence-corrected chi connectivity index (χ0v) is 14.7. The molecule has 6 nitrogen and oxygen atoms in total. The molecule has 2 heterocycles. The van der Waals surface area contributed by atoms with Gasteiger partial charge in [0.25, 0.3) is 5.91 Å². The van der Waals surface area contributed by atoms with Crippen LogP contribution in [0.4, 0.5) is 5.82 Å². The molecule has 0 saturated carbocycles. The number of anilines is 1. The van der Waals surface area contributed by atoms with Gasteiger partial charge in [-0.3, -0.25) is 14.7 Å². The van der Waals surface area contributed by atoms with Crippen molar-refractivity contribution in [3.05, 3.63) is 47.7 Å². The van der Waals surface area contributed by atoms with Crippen LogP contribution in [0.15, 0.2) is 36.4 Å². The highest BCUT2D eigenvalue weighted by molar-refractivity contribution is 5.96. The van der Waals surface area contributed by atoms with Gasteiger partial charge in [-0.05, 0) is 30.9 Å². The van der Waals surface area contributed by atoms with E-state index in [-0.39, 0.29) is 17.7 Å². The Morgan fingerprint density at radius 2 is 2.04 bits per heavy atom. The Labute approximate surface area is 147 Å². The lowest BCUT2D eigenvalue weighted by atomic mass is 9.96. The topological polar surface area (TPSA) is 78.1 Å². The fourth-order valence-electron chi connectivity index (χ4n) is 3.06. The molecule has 3 rings (SSSR count). The molecule has 1 fully saturated rings. The summed E-state index contributed by atoms with van der Waals surface area (Å²) < 4.78 is 0. The number of aromatic nitrogens is 2. The van der Waals surface area contributed by atoms with E-state index in [1.165, 1.54) is 0 Å². The molecule has 2 aromatic rings. The molecule has 1 aromatic heterocycles. The number of nitrogens with one attached hydrogen (secondary N) is 2. The average Bonchev–Trinajstić information content (AvgIpc) is 3.11. The number of carbonyl (C=O) groups is 2. The quantitative estimate of drug-likeness (QED) is 0.898. The van der Waals surface area contributed by atoms with Crippen molar-refractivity contribution >= 4 is 17.6 Å². The summed E-state index contributed by atoms with van der Waals surface area (Å²) >= 11 is 0. The van der Waals surface area contributed by atoms with Crippen LogP contribution in [-0.4, -0.2) is 40.0 Å². The molecular formula is C19H24N4O2. The van der Waals surface area contributed by atoms with Crippen molar-refractivity contribution in [3.8, 4) is 0 Å². The lowest BCUT2D eigenvalue weighted by Crippen LogP contribution is -2.43. The SMILES string of the molecule is CC(C)c1cc(NC(=O)C2CCCN(C(=O)c3ccccc3)C2)n[nH]1. The van der Waals surface area contributed by atoms with Crippen LogP contribution in [0.1, 0.15) is 48.7 Å². The van der Waals surface area contributed by atoms with Crippen molar-refractivity contribution in [3.63, 3.8) is 0 Å². The fourth-order valence-corrected chi connectivity index (χ4v) is 3.06. The molecule has 1 atom stereocenters. The van der Waals surface area contributed by atoms with Gasteiger partial charge in [0, 0.05) is 30.4 Å². The van der Waals surface area contributed by atoms with E-state index in [0.717, 1.165) is 18.5 Å². The molecule has 6 heteroatoms. The summed E-state index contributed by atoms with van der Waals surface area (Å²) in [5.41, 5.74) is 1.65. The zero-order chi connectivity index (χ0) is 17.8. The molecule has 2 N–H and O–H groups in total. The van der Waals surface area contributed by atoms with Crippen LogP contribution >= 0.6 is 0 Å². The van der Waals surface area contributed by atoms with Crippen LogP contribution in [0, 0.1) is 5.92 Å². The van der Waals surface area contributed by atoms with Crippen molar-refractivity contribution in [2.75, 3.05) is 18.4 Å². The predicted octanol–water partition coefficient (Wildman–Crippen LogP) is 3.02. The number of piperidine rings is 1. The molecule has 25 heavy (non-hydrogen) atoms. The number of benzene rings is 1. The third-order valence-electron chi connectivity index (χ3n) is 4.57. The first kappa shape index (κ1) is 17.2. The predicted molar refractivity (Wildman–Crippen MR) is 96.4 cm³/mol. The number of amides is 2. The molecule has 132 valence electrons. The Morgan fingerprint density at radius 1 is 1.28 bits per heavy atom. The first-order valence-electron chi connectivity index (χ1n) is 8.75. The molecule has 0 radical (unpaired) electrons. The number of carbonyl (C=O) groups excluding carboxylic acids is 2. The minimum atomic E-state index is -0.208. The number of H-pyrrole nitrogens is 1. The Balaban J connectivity index is 1.62. The van der Waals surface area contributed by atoms with Gasteiger partial charge in [0.15, 0.2) is 5.82 Å². The Bertz CT molecular complexity index is 739. The van der Waals surface area contributed by atoms with E-state index < -0.39 is 0 Å². The molecule has 0 spiro atoms. The molecule has 0 aliphatic carbocycles. The number of rotatable bonds is 4. The fraction of sp³-hybridized carbons (Fsp3) is 0.421. The Morgan fingerprint density at radius 3 is 2.72 bits per heavy atom. The van der Waals surface area contributed by atoms with Crippen molar-refractivity contribution in [2.45, 2.75) is 32.6 Å². The Kier molecular flexibility index (Phi) is 5.16. The van der Waals surface area contributed by atoms with Crippen molar-refractivity contribution in [1.29, 1.82) is 0 Å². The van der Waals surface area contributed by atoms with Crippen molar-refractivity contribution < 1.29 is 9.59 Å². The van der Waals surface area contributed by atoms with Crippen molar-refractivity contribution in [2.24, 2.45) is 5.92 Å². The summed E-state index contributed by atoms with van der Waals surface area (Å²) in [6, 6.07) is 11.1. The van der Waals surface area contributed by atoms with E-state index in [4.69, 9.17) is 0 Å². The molecular weight excluding hydrogens is 316 g/mol. The molecule has 1 aliphatic heterocycles. The lowest BCUT2D eigenvalue weighted by Gasteiger charge is -2.32. The molecule has 1 saturated heterocycles. The summed E-state index contributed by atoms with van der Waals surface area (Å²) in [6.07, 6.45) is 1.61. The van der Waals surface area contributed by atoms with Gasteiger partial charge in [0.1, 0.15) is 0 Å². The van der Waals surface area contributed by atoms with Gasteiger partial charge in [-0.1, -0.05) is 32.0 Å². The van der Waals surface area contributed by atoms with E-state index >= 15 is 0 Å². The summed E-state index contributed by atoms with van der Waals surface area (Å²) in [5.74, 6) is 0.569. The average molecular weight is 340 g/mol. The second kappa shape index (κ2) is 7.51. The second-order valence-electron chi connectivity index (χ2n) is 6.81. The van der Waals surface area contributed by atoms with Gasteiger partial charge >= 0.3 is 0 Å². The van der Waals surface area contributed by atoms with Crippen LogP contribution in [0.3, 0.4) is 0 Å². The zero-order valence-electron chi connectivity index (χ0n) is 14.7. The third-order valence-corrected chi connectivity index (χ3v) is 4.57. The van der Waals surface area contributed by atoms with E-state index in [1.54, 1.807) is 4.90 Å². The smallest absolute Gasteiger partial charge is 0.253 e. The maximum atomic E-state index is 12.6. The minimum Gasteiger partial charge on any atom is -0.338 e. The minimum absolute atomic E-state index is 0.0139. The Hall–Kier alpha value is -2.63. The molecule has 1 aromatic carbocycles. The molecule has 1 aliphatic rings. The van der Waals surface area contributed by atoms with Gasteiger partial charge in [-0.15, -0.1) is 0 Å². The largest absolute Gasteiger partial charge is 0.338 e. The lowest BCUT2D eigenvalue weighted by molar-refractivity contribution is -0.121. The normalized spacial score (nSPS) is 17.6. The van der Waals surface area contributed by atoms with E-state index in [0.29, 0.717) is 30.4 Å². The number of likely N-dealkylation sites (tertiary alicyclic amines) is 1. The van der Waals surface area contributed by atoms with E-state index in [2.05, 4.69) is 29.4 Å². The summed E-state index contributed by atoms with van der Waals surface area (Å²) in [5, 5.41) is 9.94. The highest BCUT2D eigenvalue weighted by Crippen LogP contribution is 2.21. The van der Waals surface area contributed by atoms with Gasteiger partial charge in [0.05, 0.1) is 5.92 Å². The molecule has 0 bridgehead atoms. The molecule has 1 unspecified atom stereocenters. The van der Waals surface area contributed by atoms with E-state index in [1.807, 2.05) is 36.4 Å². The maximum absolute atomic E-state index is 12.6. The summed E-state index contributed by atoms with van der Waals surface area (Å²) in [7, 11) is 0.